The fourth-order valence-electron chi connectivity index (χ4n) is 10.4. The SMILES string of the molecule is c1ccc(-c2cc(-c3ccc4ccc5cccc6ccc3c4c56)ccc2-c2ccc(-c3ccc(-c4ccc5ccc6cccc7ccc4c5c67)c(-c4ccccc4)c3)cc2)cc1. The van der Waals surface area contributed by atoms with Gasteiger partial charge in [0.1, 0.15) is 0 Å². The van der Waals surface area contributed by atoms with Crippen molar-refractivity contribution in [3.63, 3.8) is 0 Å². The molecule has 13 rings (SSSR count). The van der Waals surface area contributed by atoms with E-state index in [1.165, 1.54) is 131 Å². The largest absolute Gasteiger partial charge is 0.0622 e. The minimum absolute atomic E-state index is 1.19. The lowest BCUT2D eigenvalue weighted by Crippen LogP contribution is -1.91. The van der Waals surface area contributed by atoms with E-state index in [-0.39, 0.29) is 0 Å². The van der Waals surface area contributed by atoms with Crippen LogP contribution >= 0.6 is 0 Å². The van der Waals surface area contributed by atoms with Gasteiger partial charge in [-0.05, 0) is 144 Å². The minimum Gasteiger partial charge on any atom is -0.0622 e. The quantitative estimate of drug-likeness (QED) is 0.147. The van der Waals surface area contributed by atoms with Gasteiger partial charge in [0.25, 0.3) is 0 Å². The predicted octanol–water partition coefficient (Wildman–Crippen LogP) is 17.5. The Morgan fingerprint density at radius 2 is 0.532 bits per heavy atom. The highest BCUT2D eigenvalue weighted by molar-refractivity contribution is 6.27. The van der Waals surface area contributed by atoms with E-state index in [2.05, 4.69) is 231 Å². The van der Waals surface area contributed by atoms with Gasteiger partial charge in [-0.25, -0.2) is 0 Å². The Morgan fingerprint density at radius 3 is 1.11 bits per heavy atom. The Bertz CT molecular complexity index is 3790. The van der Waals surface area contributed by atoms with E-state index in [0.29, 0.717) is 0 Å². The van der Waals surface area contributed by atoms with Crippen molar-refractivity contribution in [1.29, 1.82) is 0 Å². The summed E-state index contributed by atoms with van der Waals surface area (Å²) in [5.74, 6) is 0. The summed E-state index contributed by atoms with van der Waals surface area (Å²) in [4.78, 5) is 0. The van der Waals surface area contributed by atoms with E-state index in [9.17, 15) is 0 Å². The monoisotopic (exact) mass is 782 g/mol. The smallest absolute Gasteiger partial charge is 0.00206 e. The molecule has 0 saturated carbocycles. The van der Waals surface area contributed by atoms with E-state index in [4.69, 9.17) is 0 Å². The molecule has 0 aromatic heterocycles. The maximum Gasteiger partial charge on any atom is -0.00206 e. The van der Waals surface area contributed by atoms with Crippen LogP contribution in [0.25, 0.3) is 131 Å². The molecule has 0 N–H and O–H groups in total. The van der Waals surface area contributed by atoms with E-state index < -0.39 is 0 Å². The summed E-state index contributed by atoms with van der Waals surface area (Å²) < 4.78 is 0. The first-order chi connectivity index (χ1) is 30.7. The van der Waals surface area contributed by atoms with Crippen LogP contribution in [0.3, 0.4) is 0 Å². The van der Waals surface area contributed by atoms with Crippen molar-refractivity contribution < 1.29 is 0 Å². The van der Waals surface area contributed by atoms with Crippen molar-refractivity contribution in [1.82, 2.24) is 0 Å². The molecule has 0 spiro atoms. The van der Waals surface area contributed by atoms with Crippen molar-refractivity contribution in [3.8, 4) is 66.8 Å². The van der Waals surface area contributed by atoms with Crippen molar-refractivity contribution in [2.45, 2.75) is 0 Å². The van der Waals surface area contributed by atoms with Gasteiger partial charge >= 0.3 is 0 Å². The second-order valence-electron chi connectivity index (χ2n) is 16.8. The fraction of sp³-hybridized carbons (Fsp3) is 0. The van der Waals surface area contributed by atoms with Gasteiger partial charge in [0.15, 0.2) is 0 Å². The number of hydrogen-bond donors (Lipinski definition) is 0. The van der Waals surface area contributed by atoms with Gasteiger partial charge in [-0.1, -0.05) is 218 Å². The summed E-state index contributed by atoms with van der Waals surface area (Å²) in [5.41, 5.74) is 14.7. The van der Waals surface area contributed by atoms with Gasteiger partial charge in [-0.2, -0.15) is 0 Å². The number of hydrogen-bond acceptors (Lipinski definition) is 0. The van der Waals surface area contributed by atoms with Crippen molar-refractivity contribution in [3.05, 3.63) is 231 Å². The first kappa shape index (κ1) is 34.8. The average Bonchev–Trinajstić information content (AvgIpc) is 3.35. The fourth-order valence-corrected chi connectivity index (χ4v) is 10.4. The highest BCUT2D eigenvalue weighted by atomic mass is 14.2. The zero-order valence-electron chi connectivity index (χ0n) is 33.9. The molecule has 0 aliphatic carbocycles. The summed E-state index contributed by atoms with van der Waals surface area (Å²) in [7, 11) is 0. The summed E-state index contributed by atoms with van der Waals surface area (Å²) in [5, 5.41) is 15.7. The number of benzene rings is 13. The molecule has 286 valence electrons. The van der Waals surface area contributed by atoms with Crippen LogP contribution in [0.2, 0.25) is 0 Å². The Labute approximate surface area is 360 Å². The van der Waals surface area contributed by atoms with Crippen LogP contribution in [-0.2, 0) is 0 Å². The molecular weight excluding hydrogens is 745 g/mol. The van der Waals surface area contributed by atoms with Gasteiger partial charge < -0.3 is 0 Å². The van der Waals surface area contributed by atoms with Crippen LogP contribution in [0.5, 0.6) is 0 Å². The molecule has 0 bridgehead atoms. The first-order valence-electron chi connectivity index (χ1n) is 21.6. The molecule has 0 atom stereocenters. The Morgan fingerprint density at radius 1 is 0.161 bits per heavy atom. The predicted molar refractivity (Wildman–Crippen MR) is 266 cm³/mol. The van der Waals surface area contributed by atoms with Gasteiger partial charge in [-0.3, -0.25) is 0 Å². The summed E-state index contributed by atoms with van der Waals surface area (Å²) in [6.07, 6.45) is 0. The van der Waals surface area contributed by atoms with Crippen molar-refractivity contribution in [2.24, 2.45) is 0 Å². The third kappa shape index (κ3) is 5.40. The third-order valence-corrected chi connectivity index (χ3v) is 13.4. The molecule has 62 heavy (non-hydrogen) atoms. The van der Waals surface area contributed by atoms with Crippen molar-refractivity contribution >= 4 is 64.6 Å². The minimum atomic E-state index is 1.19. The molecule has 0 fully saturated rings. The van der Waals surface area contributed by atoms with Gasteiger partial charge in [-0.15, -0.1) is 0 Å². The number of rotatable bonds is 6. The maximum atomic E-state index is 2.40. The highest BCUT2D eigenvalue weighted by Gasteiger charge is 2.18. The van der Waals surface area contributed by atoms with E-state index in [1.54, 1.807) is 0 Å². The molecule has 0 saturated heterocycles. The van der Waals surface area contributed by atoms with Gasteiger partial charge in [0.05, 0.1) is 0 Å². The lowest BCUT2D eigenvalue weighted by Gasteiger charge is -2.18. The normalized spacial score (nSPS) is 11.9. The molecule has 0 aliphatic rings. The molecule has 13 aromatic rings. The van der Waals surface area contributed by atoms with Crippen LogP contribution in [0, 0.1) is 0 Å². The molecular formula is C62H38. The van der Waals surface area contributed by atoms with E-state index in [1.807, 2.05) is 0 Å². The van der Waals surface area contributed by atoms with Crippen LogP contribution in [-0.4, -0.2) is 0 Å². The Kier molecular flexibility index (Phi) is 7.71. The van der Waals surface area contributed by atoms with Crippen LogP contribution in [0.4, 0.5) is 0 Å². The van der Waals surface area contributed by atoms with E-state index >= 15 is 0 Å². The third-order valence-electron chi connectivity index (χ3n) is 13.4. The lowest BCUT2D eigenvalue weighted by molar-refractivity contribution is 1.55. The maximum absolute atomic E-state index is 2.40. The topological polar surface area (TPSA) is 0 Å². The molecule has 0 heteroatoms. The zero-order chi connectivity index (χ0) is 40.7. The average molecular weight is 783 g/mol. The summed E-state index contributed by atoms with van der Waals surface area (Å²) >= 11 is 0. The molecule has 0 nitrogen and oxygen atoms in total. The summed E-state index contributed by atoms with van der Waals surface area (Å²) in [6.45, 7) is 0. The summed E-state index contributed by atoms with van der Waals surface area (Å²) in [6, 6.07) is 85.6. The van der Waals surface area contributed by atoms with Gasteiger partial charge in [0.2, 0.25) is 0 Å². The van der Waals surface area contributed by atoms with Crippen molar-refractivity contribution in [2.75, 3.05) is 0 Å². The molecule has 0 aliphatic heterocycles. The second-order valence-corrected chi connectivity index (χ2v) is 16.8. The standard InChI is InChI=1S/C62H38/c1-3-9-40(10-4-1)57-38-50(52-31-25-47-23-21-43-13-7-15-45-27-35-55(52)61(47)59(43)45)30-32-51(57)42-19-17-39(18-20-42)49-29-34-54(58(37-49)41-11-5-2-6-12-41)53-33-26-48-24-22-44-14-8-16-46-28-36-56(53)62(48)60(44)46/h1-38H. The van der Waals surface area contributed by atoms with Crippen LogP contribution < -0.4 is 0 Å². The molecule has 0 unspecified atom stereocenters. The van der Waals surface area contributed by atoms with Crippen LogP contribution in [0.1, 0.15) is 0 Å². The lowest BCUT2D eigenvalue weighted by atomic mass is 9.86. The zero-order valence-corrected chi connectivity index (χ0v) is 33.9. The Hall–Kier alpha value is -8.06. The Balaban J connectivity index is 0.918. The molecule has 0 radical (unpaired) electrons. The van der Waals surface area contributed by atoms with Gasteiger partial charge in [0, 0.05) is 0 Å². The first-order valence-corrected chi connectivity index (χ1v) is 21.6. The molecule has 0 amide bonds. The van der Waals surface area contributed by atoms with E-state index in [0.717, 1.165) is 0 Å². The van der Waals surface area contributed by atoms with Crippen LogP contribution in [0.15, 0.2) is 231 Å². The molecule has 0 heterocycles. The highest BCUT2D eigenvalue weighted by Crippen LogP contribution is 2.45. The second kappa shape index (κ2) is 13.7. The molecule has 13 aromatic carbocycles.